The smallest absolute Gasteiger partial charge is 0.300 e. The molecule has 7 heteroatoms. The first-order valence-electron chi connectivity index (χ1n) is 10.5. The van der Waals surface area contributed by atoms with Crippen molar-refractivity contribution in [2.24, 2.45) is 0 Å². The molecule has 1 fully saturated rings. The van der Waals surface area contributed by atoms with Gasteiger partial charge in [0.1, 0.15) is 11.5 Å². The summed E-state index contributed by atoms with van der Waals surface area (Å²) in [5.41, 5.74) is 3.22. The molecule has 0 radical (unpaired) electrons. The van der Waals surface area contributed by atoms with Gasteiger partial charge in [-0.3, -0.25) is 19.5 Å². The molecule has 1 saturated heterocycles. The molecule has 1 unspecified atom stereocenters. The van der Waals surface area contributed by atoms with E-state index in [9.17, 15) is 14.7 Å². The fraction of sp³-hybridized carbons (Fsp3) is 0.192. The molecule has 0 spiro atoms. The highest BCUT2D eigenvalue weighted by atomic mass is 35.5. The zero-order valence-electron chi connectivity index (χ0n) is 18.5. The van der Waals surface area contributed by atoms with E-state index in [1.165, 1.54) is 4.90 Å². The highest BCUT2D eigenvalue weighted by Gasteiger charge is 2.47. The van der Waals surface area contributed by atoms with Crippen molar-refractivity contribution in [1.82, 2.24) is 4.98 Å². The minimum atomic E-state index is -0.869. The van der Waals surface area contributed by atoms with Gasteiger partial charge in [-0.25, -0.2) is 0 Å². The molecule has 2 aromatic carbocycles. The van der Waals surface area contributed by atoms with Gasteiger partial charge in [0.2, 0.25) is 0 Å². The molecule has 4 rings (SSSR count). The van der Waals surface area contributed by atoms with Gasteiger partial charge in [-0.05, 0) is 73.9 Å². The van der Waals surface area contributed by atoms with Crippen molar-refractivity contribution in [2.45, 2.75) is 26.8 Å². The number of aromatic nitrogens is 1. The van der Waals surface area contributed by atoms with Gasteiger partial charge in [0.15, 0.2) is 0 Å². The Morgan fingerprint density at radius 3 is 2.48 bits per heavy atom. The highest BCUT2D eigenvalue weighted by Crippen LogP contribution is 2.43. The quantitative estimate of drug-likeness (QED) is 0.313. The summed E-state index contributed by atoms with van der Waals surface area (Å²) in [5.74, 6) is -1.39. The lowest BCUT2D eigenvalue weighted by Crippen LogP contribution is -2.29. The predicted octanol–water partition coefficient (Wildman–Crippen LogP) is 5.38. The van der Waals surface area contributed by atoms with E-state index in [-0.39, 0.29) is 21.9 Å². The van der Waals surface area contributed by atoms with Crippen LogP contribution in [0.3, 0.4) is 0 Å². The molecule has 1 amide bonds. The van der Waals surface area contributed by atoms with E-state index in [2.05, 4.69) is 4.98 Å². The Labute approximate surface area is 197 Å². The number of carbonyl (C=O) groups is 2. The number of pyridine rings is 1. The van der Waals surface area contributed by atoms with E-state index < -0.39 is 17.7 Å². The maximum atomic E-state index is 13.3. The molecule has 168 valence electrons. The van der Waals surface area contributed by atoms with Gasteiger partial charge in [0.05, 0.1) is 23.2 Å². The average molecular weight is 463 g/mol. The fourth-order valence-corrected chi connectivity index (χ4v) is 4.34. The molecule has 6 nitrogen and oxygen atoms in total. The van der Waals surface area contributed by atoms with Crippen molar-refractivity contribution in [2.75, 3.05) is 11.5 Å². The van der Waals surface area contributed by atoms with Crippen LogP contribution in [-0.4, -0.2) is 28.4 Å². The Hall–Kier alpha value is -3.64. The molecule has 1 aliphatic rings. The van der Waals surface area contributed by atoms with Gasteiger partial charge < -0.3 is 9.84 Å². The lowest BCUT2D eigenvalue weighted by atomic mass is 9.96. The van der Waals surface area contributed by atoms with E-state index in [1.54, 1.807) is 42.7 Å². The van der Waals surface area contributed by atoms with Crippen LogP contribution in [0.15, 0.2) is 66.5 Å². The number of Topliss-reactive ketones (excluding diaryl/α,β-unsaturated/α-hetero) is 1. The number of benzene rings is 2. The molecule has 0 bridgehead atoms. The summed E-state index contributed by atoms with van der Waals surface area (Å²) in [7, 11) is 0. The van der Waals surface area contributed by atoms with Crippen LogP contribution in [0.4, 0.5) is 5.69 Å². The number of aliphatic hydroxyl groups excluding tert-OH is 1. The molecule has 1 aromatic heterocycles. The first-order valence-corrected chi connectivity index (χ1v) is 10.9. The van der Waals surface area contributed by atoms with E-state index in [4.69, 9.17) is 16.3 Å². The number of aryl methyl sites for hydroxylation is 2. The van der Waals surface area contributed by atoms with Gasteiger partial charge >= 0.3 is 0 Å². The Morgan fingerprint density at radius 2 is 1.85 bits per heavy atom. The minimum absolute atomic E-state index is 0.0530. The molecular weight excluding hydrogens is 440 g/mol. The topological polar surface area (TPSA) is 79.7 Å². The summed E-state index contributed by atoms with van der Waals surface area (Å²) < 4.78 is 5.53. The van der Waals surface area contributed by atoms with E-state index in [1.807, 2.05) is 39.0 Å². The van der Waals surface area contributed by atoms with Crippen molar-refractivity contribution in [3.8, 4) is 5.75 Å². The van der Waals surface area contributed by atoms with E-state index in [0.29, 0.717) is 23.6 Å². The van der Waals surface area contributed by atoms with Crippen LogP contribution in [0.5, 0.6) is 5.75 Å². The second-order valence-corrected chi connectivity index (χ2v) is 8.28. The number of amides is 1. The number of ketones is 1. The summed E-state index contributed by atoms with van der Waals surface area (Å²) in [5, 5.41) is 11.5. The summed E-state index contributed by atoms with van der Waals surface area (Å²) in [6.45, 7) is 6.11. The summed E-state index contributed by atoms with van der Waals surface area (Å²) in [6, 6.07) is 13.1. The van der Waals surface area contributed by atoms with Gasteiger partial charge in [0.25, 0.3) is 11.7 Å². The Morgan fingerprint density at radius 1 is 1.12 bits per heavy atom. The Balaban J connectivity index is 1.96. The number of hydrogen-bond acceptors (Lipinski definition) is 5. The maximum Gasteiger partial charge on any atom is 0.300 e. The number of nitrogens with zero attached hydrogens (tertiary/aromatic N) is 2. The number of ether oxygens (including phenoxy) is 1. The number of carbonyl (C=O) groups excluding carboxylic acids is 2. The summed E-state index contributed by atoms with van der Waals surface area (Å²) >= 11 is 6.37. The molecule has 0 aliphatic carbocycles. The standard InChI is InChI=1S/C26H23ClN2O4/c1-4-33-19-7-8-21(27)20(13-19)24(30)22-23(17-6-5-9-28-14-17)29(26(32)25(22)31)18-11-15(2)10-16(3)12-18/h5-14,23,30H,4H2,1-3H3/b24-22+. The predicted molar refractivity (Wildman–Crippen MR) is 128 cm³/mol. The average Bonchev–Trinajstić information content (AvgIpc) is 3.05. The van der Waals surface area contributed by atoms with Crippen molar-refractivity contribution in [3.63, 3.8) is 0 Å². The van der Waals surface area contributed by atoms with Crippen molar-refractivity contribution < 1.29 is 19.4 Å². The molecular formula is C26H23ClN2O4. The number of anilines is 1. The van der Waals surface area contributed by atoms with E-state index >= 15 is 0 Å². The van der Waals surface area contributed by atoms with E-state index in [0.717, 1.165) is 11.1 Å². The molecule has 2 heterocycles. The second kappa shape index (κ2) is 9.08. The summed E-state index contributed by atoms with van der Waals surface area (Å²) in [4.78, 5) is 32.1. The van der Waals surface area contributed by atoms with Gasteiger partial charge in [-0.15, -0.1) is 0 Å². The SMILES string of the molecule is CCOc1ccc(Cl)c(/C(O)=C2\C(=O)C(=O)N(c3cc(C)cc(C)c3)C2c2cccnc2)c1. The third-order valence-electron chi connectivity index (χ3n) is 5.43. The van der Waals surface area contributed by atoms with Crippen LogP contribution in [0, 0.1) is 13.8 Å². The maximum absolute atomic E-state index is 13.3. The van der Waals surface area contributed by atoms with Gasteiger partial charge in [-0.2, -0.15) is 0 Å². The lowest BCUT2D eigenvalue weighted by Gasteiger charge is -2.26. The number of aliphatic hydroxyl groups is 1. The molecule has 1 aliphatic heterocycles. The Bertz CT molecular complexity index is 1250. The number of rotatable bonds is 5. The normalized spacial score (nSPS) is 17.5. The van der Waals surface area contributed by atoms with Crippen molar-refractivity contribution >= 4 is 34.7 Å². The van der Waals surface area contributed by atoms with Crippen LogP contribution >= 0.6 is 11.6 Å². The van der Waals surface area contributed by atoms with Crippen molar-refractivity contribution in [3.05, 3.63) is 93.8 Å². The van der Waals surface area contributed by atoms with Gasteiger partial charge in [-0.1, -0.05) is 23.7 Å². The largest absolute Gasteiger partial charge is 0.507 e. The van der Waals surface area contributed by atoms with Crippen LogP contribution in [0.1, 0.15) is 35.2 Å². The fourth-order valence-electron chi connectivity index (χ4n) is 4.13. The molecule has 0 saturated carbocycles. The summed E-state index contributed by atoms with van der Waals surface area (Å²) in [6.07, 6.45) is 3.19. The van der Waals surface area contributed by atoms with Gasteiger partial charge in [0, 0.05) is 23.6 Å². The number of halogens is 1. The van der Waals surface area contributed by atoms with Crippen LogP contribution in [-0.2, 0) is 9.59 Å². The Kier molecular flexibility index (Phi) is 6.20. The van der Waals surface area contributed by atoms with Crippen LogP contribution in [0.2, 0.25) is 5.02 Å². The highest BCUT2D eigenvalue weighted by molar-refractivity contribution is 6.52. The zero-order valence-corrected chi connectivity index (χ0v) is 19.3. The monoisotopic (exact) mass is 462 g/mol. The van der Waals surface area contributed by atoms with Crippen molar-refractivity contribution in [1.29, 1.82) is 0 Å². The first kappa shape index (κ1) is 22.6. The molecule has 1 N–H and O–H groups in total. The molecule has 1 atom stereocenters. The molecule has 3 aromatic rings. The van der Waals surface area contributed by atoms with Crippen LogP contribution in [0.25, 0.3) is 5.76 Å². The first-order chi connectivity index (χ1) is 15.8. The number of hydrogen-bond donors (Lipinski definition) is 1. The lowest BCUT2D eigenvalue weighted by molar-refractivity contribution is -0.132. The zero-order chi connectivity index (χ0) is 23.7. The molecule has 33 heavy (non-hydrogen) atoms. The second-order valence-electron chi connectivity index (χ2n) is 7.88. The van der Waals surface area contributed by atoms with Crippen LogP contribution < -0.4 is 9.64 Å². The minimum Gasteiger partial charge on any atom is -0.507 e. The third-order valence-corrected chi connectivity index (χ3v) is 5.76. The third kappa shape index (κ3) is 4.22.